The van der Waals surface area contributed by atoms with E-state index in [0.717, 1.165) is 18.7 Å². The molecule has 0 radical (unpaired) electrons. The van der Waals surface area contributed by atoms with Crippen molar-refractivity contribution < 1.29 is 9.53 Å². The molecule has 4 nitrogen and oxygen atoms in total. The lowest BCUT2D eigenvalue weighted by Gasteiger charge is -2.26. The largest absolute Gasteiger partial charge is 0.379 e. The number of carbonyl (C=O) groups excluding carboxylic acids is 1. The van der Waals surface area contributed by atoms with Gasteiger partial charge in [-0.3, -0.25) is 10.2 Å². The fourth-order valence-electron chi connectivity index (χ4n) is 1.68. The first kappa shape index (κ1) is 12.4. The Morgan fingerprint density at radius 1 is 1.41 bits per heavy atom. The van der Waals surface area contributed by atoms with Gasteiger partial charge < -0.3 is 4.74 Å². The number of hydrogen-bond acceptors (Lipinski definition) is 3. The van der Waals surface area contributed by atoms with Gasteiger partial charge in [-0.15, -0.1) is 11.6 Å². The van der Waals surface area contributed by atoms with E-state index >= 15 is 0 Å². The Labute approximate surface area is 105 Å². The molecule has 1 heterocycles. The zero-order valence-electron chi connectivity index (χ0n) is 9.49. The third-order valence-electron chi connectivity index (χ3n) is 2.61. The van der Waals surface area contributed by atoms with Crippen LogP contribution in [-0.4, -0.2) is 37.2 Å². The van der Waals surface area contributed by atoms with Crippen LogP contribution in [0, 0.1) is 0 Å². The number of alkyl halides is 1. The molecule has 1 aliphatic rings. The number of amides is 1. The van der Waals surface area contributed by atoms with Crippen molar-refractivity contribution in [1.29, 1.82) is 0 Å². The summed E-state index contributed by atoms with van der Waals surface area (Å²) in [5.74, 6) is 0.317. The smallest absolute Gasteiger partial charge is 0.265 e. The Kier molecular flexibility index (Phi) is 4.36. The molecule has 1 fully saturated rings. The maximum atomic E-state index is 11.9. The fraction of sp³-hybridized carbons (Fsp3) is 0.417. The van der Waals surface area contributed by atoms with Crippen LogP contribution in [0.25, 0.3) is 0 Å². The van der Waals surface area contributed by atoms with E-state index < -0.39 is 0 Å². The van der Waals surface area contributed by atoms with Crippen molar-refractivity contribution in [3.8, 4) is 0 Å². The maximum absolute atomic E-state index is 11.9. The number of nitrogens with one attached hydrogen (secondary N) is 1. The number of halogens is 1. The lowest BCUT2D eigenvalue weighted by atomic mass is 10.1. The number of rotatable bonds is 3. The van der Waals surface area contributed by atoms with Gasteiger partial charge in [-0.2, -0.15) is 0 Å². The standard InChI is InChI=1S/C12H15ClN2O2/c13-9-10-2-1-3-11(8-10)12(16)14-15-4-6-17-7-5-15/h1-3,8H,4-7,9H2,(H,14,16). The Hall–Kier alpha value is -1.10. The topological polar surface area (TPSA) is 41.6 Å². The van der Waals surface area contributed by atoms with Gasteiger partial charge >= 0.3 is 0 Å². The van der Waals surface area contributed by atoms with Gasteiger partial charge in [-0.1, -0.05) is 12.1 Å². The van der Waals surface area contributed by atoms with Gasteiger partial charge in [0.1, 0.15) is 0 Å². The minimum Gasteiger partial charge on any atom is -0.379 e. The monoisotopic (exact) mass is 254 g/mol. The van der Waals surface area contributed by atoms with Crippen LogP contribution < -0.4 is 5.43 Å². The Morgan fingerprint density at radius 3 is 2.88 bits per heavy atom. The van der Waals surface area contributed by atoms with Gasteiger partial charge in [0.05, 0.1) is 13.2 Å². The van der Waals surface area contributed by atoms with E-state index in [9.17, 15) is 4.79 Å². The molecule has 1 aliphatic heterocycles. The number of ether oxygens (including phenoxy) is 1. The molecule has 17 heavy (non-hydrogen) atoms. The van der Waals surface area contributed by atoms with E-state index in [1.54, 1.807) is 6.07 Å². The quantitative estimate of drug-likeness (QED) is 0.830. The van der Waals surface area contributed by atoms with E-state index in [-0.39, 0.29) is 5.91 Å². The Balaban J connectivity index is 1.98. The highest BCUT2D eigenvalue weighted by atomic mass is 35.5. The molecule has 0 bridgehead atoms. The van der Waals surface area contributed by atoms with Crippen LogP contribution in [-0.2, 0) is 10.6 Å². The van der Waals surface area contributed by atoms with Crippen LogP contribution in [0.15, 0.2) is 24.3 Å². The summed E-state index contributed by atoms with van der Waals surface area (Å²) in [5.41, 5.74) is 4.44. The zero-order valence-corrected chi connectivity index (χ0v) is 10.2. The summed E-state index contributed by atoms with van der Waals surface area (Å²) in [6.07, 6.45) is 0. The van der Waals surface area contributed by atoms with Crippen LogP contribution in [0.4, 0.5) is 0 Å². The minimum absolute atomic E-state index is 0.0983. The summed E-state index contributed by atoms with van der Waals surface area (Å²) in [6, 6.07) is 7.33. The summed E-state index contributed by atoms with van der Waals surface area (Å²) >= 11 is 5.74. The summed E-state index contributed by atoms with van der Waals surface area (Å²) in [5, 5.41) is 1.87. The van der Waals surface area contributed by atoms with Gasteiger partial charge in [-0.05, 0) is 17.7 Å². The van der Waals surface area contributed by atoms with E-state index in [1.807, 2.05) is 23.2 Å². The molecule has 0 atom stereocenters. The molecule has 2 rings (SSSR count). The number of nitrogens with zero attached hydrogens (tertiary/aromatic N) is 1. The third-order valence-corrected chi connectivity index (χ3v) is 2.92. The van der Waals surface area contributed by atoms with E-state index in [2.05, 4.69) is 5.43 Å². The molecule has 1 amide bonds. The van der Waals surface area contributed by atoms with Crippen molar-refractivity contribution in [3.05, 3.63) is 35.4 Å². The van der Waals surface area contributed by atoms with Crippen LogP contribution in [0.2, 0.25) is 0 Å². The normalized spacial score (nSPS) is 16.8. The summed E-state index contributed by atoms with van der Waals surface area (Å²) in [7, 11) is 0. The highest BCUT2D eigenvalue weighted by Crippen LogP contribution is 2.08. The van der Waals surface area contributed by atoms with E-state index in [4.69, 9.17) is 16.3 Å². The highest BCUT2D eigenvalue weighted by Gasteiger charge is 2.14. The summed E-state index contributed by atoms with van der Waals surface area (Å²) < 4.78 is 5.21. The van der Waals surface area contributed by atoms with Crippen LogP contribution >= 0.6 is 11.6 Å². The molecule has 0 aromatic heterocycles. The molecule has 0 unspecified atom stereocenters. The first-order valence-corrected chi connectivity index (χ1v) is 6.11. The lowest BCUT2D eigenvalue weighted by molar-refractivity contribution is 0.0126. The van der Waals surface area contributed by atoms with Crippen LogP contribution in [0.5, 0.6) is 0 Å². The van der Waals surface area contributed by atoms with E-state index in [1.165, 1.54) is 0 Å². The second-order valence-corrected chi connectivity index (χ2v) is 4.14. The Bertz CT molecular complexity index is 392. The second-order valence-electron chi connectivity index (χ2n) is 3.87. The molecular formula is C12H15ClN2O2. The van der Waals surface area contributed by atoms with Gasteiger partial charge in [0.15, 0.2) is 0 Å². The Morgan fingerprint density at radius 2 is 2.18 bits per heavy atom. The number of benzene rings is 1. The first-order valence-electron chi connectivity index (χ1n) is 5.58. The predicted molar refractivity (Wildman–Crippen MR) is 65.9 cm³/mol. The number of hydrazine groups is 1. The number of carbonyl (C=O) groups is 1. The van der Waals surface area contributed by atoms with Gasteiger partial charge in [-0.25, -0.2) is 5.01 Å². The van der Waals surface area contributed by atoms with Crippen LogP contribution in [0.1, 0.15) is 15.9 Å². The van der Waals surface area contributed by atoms with Crippen molar-refractivity contribution in [1.82, 2.24) is 10.4 Å². The first-order chi connectivity index (χ1) is 8.29. The molecule has 1 aromatic rings. The molecular weight excluding hydrogens is 240 g/mol. The molecule has 0 spiro atoms. The van der Waals surface area contributed by atoms with Crippen molar-refractivity contribution >= 4 is 17.5 Å². The van der Waals surface area contributed by atoms with E-state index in [0.29, 0.717) is 24.7 Å². The van der Waals surface area contributed by atoms with Gasteiger partial charge in [0.25, 0.3) is 5.91 Å². The van der Waals surface area contributed by atoms with Gasteiger partial charge in [0, 0.05) is 24.5 Å². The fourth-order valence-corrected chi connectivity index (χ4v) is 1.85. The SMILES string of the molecule is O=C(NN1CCOCC1)c1cccc(CCl)c1. The average Bonchev–Trinajstić information content (AvgIpc) is 2.40. The van der Waals surface area contributed by atoms with Gasteiger partial charge in [0.2, 0.25) is 0 Å². The van der Waals surface area contributed by atoms with Crippen LogP contribution in [0.3, 0.4) is 0 Å². The molecule has 1 saturated heterocycles. The third kappa shape index (κ3) is 3.43. The second kappa shape index (κ2) is 6.00. The van der Waals surface area contributed by atoms with Crippen molar-refractivity contribution in [2.45, 2.75) is 5.88 Å². The molecule has 5 heteroatoms. The van der Waals surface area contributed by atoms with Crippen molar-refractivity contribution in [2.24, 2.45) is 0 Å². The molecule has 0 aliphatic carbocycles. The van der Waals surface area contributed by atoms with Crippen molar-refractivity contribution in [2.75, 3.05) is 26.3 Å². The number of morpholine rings is 1. The number of hydrogen-bond donors (Lipinski definition) is 1. The minimum atomic E-state index is -0.0983. The molecule has 0 saturated carbocycles. The molecule has 92 valence electrons. The molecule has 1 aromatic carbocycles. The average molecular weight is 255 g/mol. The summed E-state index contributed by atoms with van der Waals surface area (Å²) in [6.45, 7) is 2.76. The molecule has 1 N–H and O–H groups in total. The summed E-state index contributed by atoms with van der Waals surface area (Å²) in [4.78, 5) is 11.9. The maximum Gasteiger partial charge on any atom is 0.265 e. The van der Waals surface area contributed by atoms with Crippen molar-refractivity contribution in [3.63, 3.8) is 0 Å². The highest BCUT2D eigenvalue weighted by molar-refractivity contribution is 6.17. The zero-order chi connectivity index (χ0) is 12.1. The lowest BCUT2D eigenvalue weighted by Crippen LogP contribution is -2.48. The predicted octanol–water partition coefficient (Wildman–Crippen LogP) is 1.40.